The van der Waals surface area contributed by atoms with Gasteiger partial charge in [-0.2, -0.15) is 5.10 Å². The van der Waals surface area contributed by atoms with Crippen molar-refractivity contribution in [1.29, 1.82) is 0 Å². The molecule has 4 heterocycles. The van der Waals surface area contributed by atoms with E-state index < -0.39 is 0 Å². The average Bonchev–Trinajstić information content (AvgIpc) is 3.51. The summed E-state index contributed by atoms with van der Waals surface area (Å²) < 4.78 is 19.1. The normalized spacial score (nSPS) is 19.0. The molecule has 1 atom stereocenters. The SMILES string of the molecule is COc1cc(-c2ccc(OC3CCN(C(=O)[C@H]4CCCO4)CC3)cc2)cn2nccc12.Cl. The summed E-state index contributed by atoms with van der Waals surface area (Å²) in [5.74, 6) is 1.78. The van der Waals surface area contributed by atoms with Crippen molar-refractivity contribution in [3.05, 3.63) is 48.8 Å². The van der Waals surface area contributed by atoms with Gasteiger partial charge in [-0.25, -0.2) is 4.52 Å². The first-order valence-electron chi connectivity index (χ1n) is 10.9. The van der Waals surface area contributed by atoms with Crippen molar-refractivity contribution in [3.8, 4) is 22.6 Å². The molecule has 170 valence electrons. The minimum atomic E-state index is -0.232. The number of carbonyl (C=O) groups is 1. The third-order valence-electron chi connectivity index (χ3n) is 6.14. The van der Waals surface area contributed by atoms with Gasteiger partial charge in [0.15, 0.2) is 0 Å². The summed E-state index contributed by atoms with van der Waals surface area (Å²) in [6.45, 7) is 2.16. The lowest BCUT2D eigenvalue weighted by Gasteiger charge is -2.33. The molecule has 5 rings (SSSR count). The molecule has 2 aromatic heterocycles. The highest BCUT2D eigenvalue weighted by Crippen LogP contribution is 2.29. The van der Waals surface area contributed by atoms with Gasteiger partial charge in [0, 0.05) is 44.3 Å². The second kappa shape index (κ2) is 9.79. The van der Waals surface area contributed by atoms with Gasteiger partial charge in [-0.05, 0) is 42.7 Å². The first-order chi connectivity index (χ1) is 15.2. The van der Waals surface area contributed by atoms with Gasteiger partial charge in [0.25, 0.3) is 5.91 Å². The summed E-state index contributed by atoms with van der Waals surface area (Å²) in [6.07, 6.45) is 7.16. The van der Waals surface area contributed by atoms with Crippen molar-refractivity contribution in [2.45, 2.75) is 37.9 Å². The van der Waals surface area contributed by atoms with Crippen LogP contribution in [0.2, 0.25) is 0 Å². The number of aromatic nitrogens is 2. The van der Waals surface area contributed by atoms with Gasteiger partial charge in [0.1, 0.15) is 29.2 Å². The standard InChI is InChI=1S/C24H27N3O4.ClH/c1-29-23-15-18(16-27-21(23)8-11-25-27)17-4-6-19(7-5-17)31-20-9-12-26(13-10-20)24(28)22-3-2-14-30-22;/h4-8,11,15-16,20,22H,2-3,9-10,12-14H2,1H3;1H/t22-;/m1./s1. The molecule has 0 spiro atoms. The monoisotopic (exact) mass is 457 g/mol. The molecular formula is C24H28ClN3O4. The number of hydrogen-bond acceptors (Lipinski definition) is 5. The van der Waals surface area contributed by atoms with Gasteiger partial charge in [-0.15, -0.1) is 12.4 Å². The van der Waals surface area contributed by atoms with E-state index in [2.05, 4.69) is 17.2 Å². The molecule has 7 nitrogen and oxygen atoms in total. The van der Waals surface area contributed by atoms with E-state index in [9.17, 15) is 4.79 Å². The second-order valence-electron chi connectivity index (χ2n) is 8.13. The largest absolute Gasteiger partial charge is 0.494 e. The van der Waals surface area contributed by atoms with E-state index in [0.29, 0.717) is 6.61 Å². The van der Waals surface area contributed by atoms with Crippen LogP contribution in [0.4, 0.5) is 0 Å². The Kier molecular flexibility index (Phi) is 6.86. The predicted octanol–water partition coefficient (Wildman–Crippen LogP) is 3.98. The maximum absolute atomic E-state index is 12.5. The Labute approximate surface area is 193 Å². The van der Waals surface area contributed by atoms with Gasteiger partial charge in [-0.3, -0.25) is 4.79 Å². The fourth-order valence-electron chi connectivity index (χ4n) is 4.41. The van der Waals surface area contributed by atoms with Crippen LogP contribution in [0.3, 0.4) is 0 Å². The molecular weight excluding hydrogens is 430 g/mol. The molecule has 0 aliphatic carbocycles. The Morgan fingerprint density at radius 3 is 2.56 bits per heavy atom. The molecule has 3 aromatic rings. The number of fused-ring (bicyclic) bond motifs is 1. The van der Waals surface area contributed by atoms with Gasteiger partial charge < -0.3 is 19.1 Å². The zero-order chi connectivity index (χ0) is 21.2. The number of halogens is 1. The molecule has 1 aromatic carbocycles. The zero-order valence-corrected chi connectivity index (χ0v) is 18.9. The van der Waals surface area contributed by atoms with E-state index in [4.69, 9.17) is 14.2 Å². The van der Waals surface area contributed by atoms with Crippen LogP contribution in [0.25, 0.3) is 16.6 Å². The summed E-state index contributed by atoms with van der Waals surface area (Å²) >= 11 is 0. The first kappa shape index (κ1) is 22.4. The minimum absolute atomic E-state index is 0. The van der Waals surface area contributed by atoms with E-state index in [1.54, 1.807) is 13.3 Å². The highest BCUT2D eigenvalue weighted by Gasteiger charge is 2.31. The summed E-state index contributed by atoms with van der Waals surface area (Å²) in [4.78, 5) is 14.4. The highest BCUT2D eigenvalue weighted by atomic mass is 35.5. The van der Waals surface area contributed by atoms with E-state index in [-0.39, 0.29) is 30.5 Å². The number of carbonyl (C=O) groups excluding carboxylic acids is 1. The van der Waals surface area contributed by atoms with Crippen molar-refractivity contribution in [2.24, 2.45) is 0 Å². The molecule has 2 fully saturated rings. The molecule has 0 radical (unpaired) electrons. The van der Waals surface area contributed by atoms with Gasteiger partial charge in [0.2, 0.25) is 0 Å². The number of likely N-dealkylation sites (tertiary alicyclic amines) is 1. The van der Waals surface area contributed by atoms with Crippen molar-refractivity contribution in [1.82, 2.24) is 14.5 Å². The summed E-state index contributed by atoms with van der Waals surface area (Å²) in [6, 6.07) is 12.1. The Morgan fingerprint density at radius 1 is 1.09 bits per heavy atom. The van der Waals surface area contributed by atoms with Crippen LogP contribution in [-0.4, -0.2) is 59.4 Å². The smallest absolute Gasteiger partial charge is 0.251 e. The van der Waals surface area contributed by atoms with Crippen molar-refractivity contribution >= 4 is 23.8 Å². The third kappa shape index (κ3) is 4.54. The average molecular weight is 458 g/mol. The number of pyridine rings is 1. The Balaban J connectivity index is 0.00000245. The molecule has 0 saturated carbocycles. The number of methoxy groups -OCH3 is 1. The van der Waals surface area contributed by atoms with Crippen LogP contribution in [-0.2, 0) is 9.53 Å². The minimum Gasteiger partial charge on any atom is -0.494 e. The topological polar surface area (TPSA) is 65.3 Å². The molecule has 2 aliphatic heterocycles. The first-order valence-corrected chi connectivity index (χ1v) is 10.9. The maximum atomic E-state index is 12.5. The summed E-state index contributed by atoms with van der Waals surface area (Å²) in [5.41, 5.74) is 3.04. The number of rotatable bonds is 5. The second-order valence-corrected chi connectivity index (χ2v) is 8.13. The maximum Gasteiger partial charge on any atom is 0.251 e. The molecule has 2 aliphatic rings. The molecule has 0 bridgehead atoms. The lowest BCUT2D eigenvalue weighted by molar-refractivity contribution is -0.142. The molecule has 2 saturated heterocycles. The Hall–Kier alpha value is -2.77. The van der Waals surface area contributed by atoms with E-state index in [1.807, 2.05) is 39.9 Å². The lowest BCUT2D eigenvalue weighted by atomic mass is 10.1. The highest BCUT2D eigenvalue weighted by molar-refractivity contribution is 5.85. The van der Waals surface area contributed by atoms with Crippen LogP contribution < -0.4 is 9.47 Å². The number of nitrogens with zero attached hydrogens (tertiary/aromatic N) is 3. The summed E-state index contributed by atoms with van der Waals surface area (Å²) in [7, 11) is 1.67. The molecule has 0 N–H and O–H groups in total. The van der Waals surface area contributed by atoms with Crippen LogP contribution in [0.5, 0.6) is 11.5 Å². The van der Waals surface area contributed by atoms with Gasteiger partial charge in [-0.1, -0.05) is 12.1 Å². The van der Waals surface area contributed by atoms with E-state index in [0.717, 1.165) is 66.9 Å². The number of amides is 1. The Morgan fingerprint density at radius 2 is 1.88 bits per heavy atom. The number of hydrogen-bond donors (Lipinski definition) is 0. The quantitative estimate of drug-likeness (QED) is 0.579. The number of ether oxygens (including phenoxy) is 3. The van der Waals surface area contributed by atoms with Crippen LogP contribution in [0.15, 0.2) is 48.8 Å². The molecule has 32 heavy (non-hydrogen) atoms. The van der Waals surface area contributed by atoms with Crippen LogP contribution >= 0.6 is 12.4 Å². The van der Waals surface area contributed by atoms with Crippen LogP contribution in [0.1, 0.15) is 25.7 Å². The summed E-state index contributed by atoms with van der Waals surface area (Å²) in [5, 5.41) is 4.33. The molecule has 8 heteroatoms. The van der Waals surface area contributed by atoms with Crippen molar-refractivity contribution in [2.75, 3.05) is 26.8 Å². The van der Waals surface area contributed by atoms with Crippen LogP contribution in [0, 0.1) is 0 Å². The number of benzene rings is 1. The third-order valence-corrected chi connectivity index (χ3v) is 6.14. The van der Waals surface area contributed by atoms with Crippen molar-refractivity contribution < 1.29 is 19.0 Å². The van der Waals surface area contributed by atoms with E-state index >= 15 is 0 Å². The number of piperidine rings is 1. The Bertz CT molecular complexity index is 1050. The van der Waals surface area contributed by atoms with Gasteiger partial charge in [0.05, 0.1) is 13.3 Å². The molecule has 0 unspecified atom stereocenters. The molecule has 1 amide bonds. The fourth-order valence-corrected chi connectivity index (χ4v) is 4.41. The zero-order valence-electron chi connectivity index (χ0n) is 18.1. The predicted molar refractivity (Wildman–Crippen MR) is 124 cm³/mol. The fraction of sp³-hybridized carbons (Fsp3) is 0.417. The lowest BCUT2D eigenvalue weighted by Crippen LogP contribution is -2.45. The van der Waals surface area contributed by atoms with Gasteiger partial charge >= 0.3 is 0 Å². The van der Waals surface area contributed by atoms with E-state index in [1.165, 1.54) is 0 Å². The van der Waals surface area contributed by atoms with Crippen molar-refractivity contribution in [3.63, 3.8) is 0 Å².